The molecule has 1 atom stereocenters. The molecule has 0 spiro atoms. The van der Waals surface area contributed by atoms with Gasteiger partial charge in [0.2, 0.25) is 0 Å². The number of hydrogen-bond donors (Lipinski definition) is 1. The first-order chi connectivity index (χ1) is 7.70. The molecule has 1 unspecified atom stereocenters. The Morgan fingerprint density at radius 3 is 2.31 bits per heavy atom. The Bertz CT molecular complexity index is 459. The Balaban J connectivity index is 2.46. The van der Waals surface area contributed by atoms with E-state index in [1.165, 1.54) is 0 Å². The van der Waals surface area contributed by atoms with Crippen LogP contribution in [0.4, 0.5) is 0 Å². The fourth-order valence-corrected chi connectivity index (χ4v) is 1.96. The summed E-state index contributed by atoms with van der Waals surface area (Å²) < 4.78 is 0. The molecule has 0 saturated carbocycles. The summed E-state index contributed by atoms with van der Waals surface area (Å²) in [5.41, 5.74) is 4.03. The number of pyridine rings is 1. The summed E-state index contributed by atoms with van der Waals surface area (Å²) in [6.07, 6.45) is 2.83. The SMILES string of the molecule is Cc1cccc(C)c1C(O)c1cccnc1. The number of aliphatic hydroxyl groups excluding tert-OH is 1. The number of hydrogen-bond acceptors (Lipinski definition) is 2. The maximum atomic E-state index is 10.3. The fraction of sp³-hybridized carbons (Fsp3) is 0.214. The van der Waals surface area contributed by atoms with E-state index < -0.39 is 6.10 Å². The molecule has 0 amide bonds. The van der Waals surface area contributed by atoms with Gasteiger partial charge in [0.05, 0.1) is 0 Å². The van der Waals surface area contributed by atoms with Crippen LogP contribution in [-0.2, 0) is 0 Å². The second-order valence-electron chi connectivity index (χ2n) is 3.99. The standard InChI is InChI=1S/C14H15NO/c1-10-5-3-6-11(2)13(10)14(16)12-7-4-8-15-9-12/h3-9,14,16H,1-2H3. The van der Waals surface area contributed by atoms with Crippen LogP contribution in [0.2, 0.25) is 0 Å². The molecular formula is C14H15NO. The van der Waals surface area contributed by atoms with Gasteiger partial charge in [0, 0.05) is 18.0 Å². The van der Waals surface area contributed by atoms with Gasteiger partial charge < -0.3 is 5.11 Å². The van der Waals surface area contributed by atoms with Gasteiger partial charge >= 0.3 is 0 Å². The van der Waals surface area contributed by atoms with E-state index in [1.54, 1.807) is 12.4 Å². The van der Waals surface area contributed by atoms with Gasteiger partial charge in [0.1, 0.15) is 6.10 Å². The highest BCUT2D eigenvalue weighted by atomic mass is 16.3. The first-order valence-corrected chi connectivity index (χ1v) is 5.34. The number of benzene rings is 1. The molecule has 0 saturated heterocycles. The number of rotatable bonds is 2. The van der Waals surface area contributed by atoms with Crippen LogP contribution >= 0.6 is 0 Å². The molecule has 82 valence electrons. The highest BCUT2D eigenvalue weighted by Crippen LogP contribution is 2.26. The smallest absolute Gasteiger partial charge is 0.106 e. The Hall–Kier alpha value is -1.67. The number of aromatic nitrogens is 1. The van der Waals surface area contributed by atoms with Gasteiger partial charge in [-0.2, -0.15) is 0 Å². The summed E-state index contributed by atoms with van der Waals surface area (Å²) in [5.74, 6) is 0. The van der Waals surface area contributed by atoms with E-state index in [0.717, 1.165) is 22.3 Å². The molecule has 1 heterocycles. The van der Waals surface area contributed by atoms with Crippen LogP contribution in [0.3, 0.4) is 0 Å². The minimum absolute atomic E-state index is 0.588. The molecule has 0 fully saturated rings. The fourth-order valence-electron chi connectivity index (χ4n) is 1.96. The van der Waals surface area contributed by atoms with E-state index >= 15 is 0 Å². The molecule has 1 N–H and O–H groups in total. The van der Waals surface area contributed by atoms with Gasteiger partial charge in [-0.05, 0) is 36.6 Å². The lowest BCUT2D eigenvalue weighted by molar-refractivity contribution is 0.218. The summed E-state index contributed by atoms with van der Waals surface area (Å²) in [5, 5.41) is 10.3. The van der Waals surface area contributed by atoms with E-state index in [4.69, 9.17) is 0 Å². The molecule has 1 aromatic heterocycles. The van der Waals surface area contributed by atoms with E-state index in [0.29, 0.717) is 0 Å². The molecule has 0 aliphatic rings. The number of nitrogens with zero attached hydrogens (tertiary/aromatic N) is 1. The molecule has 2 heteroatoms. The molecule has 2 aromatic rings. The third kappa shape index (κ3) is 1.97. The molecule has 0 radical (unpaired) electrons. The maximum Gasteiger partial charge on any atom is 0.106 e. The van der Waals surface area contributed by atoms with Crippen LogP contribution in [0.1, 0.15) is 28.4 Å². The third-order valence-corrected chi connectivity index (χ3v) is 2.82. The monoisotopic (exact) mass is 213 g/mol. The number of aryl methyl sites for hydroxylation is 2. The summed E-state index contributed by atoms with van der Waals surface area (Å²) in [6, 6.07) is 9.77. The Kier molecular flexibility index (Phi) is 3.02. The largest absolute Gasteiger partial charge is 0.384 e. The van der Waals surface area contributed by atoms with Crippen molar-refractivity contribution in [2.45, 2.75) is 20.0 Å². The Morgan fingerprint density at radius 1 is 1.06 bits per heavy atom. The maximum absolute atomic E-state index is 10.3. The first kappa shape index (κ1) is 10.8. The van der Waals surface area contributed by atoms with E-state index in [9.17, 15) is 5.11 Å². The zero-order valence-corrected chi connectivity index (χ0v) is 9.51. The lowest BCUT2D eigenvalue weighted by atomic mass is 9.94. The molecule has 2 rings (SSSR count). The predicted octanol–water partition coefficient (Wildman–Crippen LogP) is 2.78. The Labute approximate surface area is 95.6 Å². The topological polar surface area (TPSA) is 33.1 Å². The van der Waals surface area contributed by atoms with Crippen LogP contribution in [0, 0.1) is 13.8 Å². The van der Waals surface area contributed by atoms with Crippen molar-refractivity contribution in [1.82, 2.24) is 4.98 Å². The van der Waals surface area contributed by atoms with Gasteiger partial charge in [-0.1, -0.05) is 24.3 Å². The number of aliphatic hydroxyl groups is 1. The minimum Gasteiger partial charge on any atom is -0.384 e. The third-order valence-electron chi connectivity index (χ3n) is 2.82. The Morgan fingerprint density at radius 2 is 1.75 bits per heavy atom. The van der Waals surface area contributed by atoms with Crippen molar-refractivity contribution in [3.05, 3.63) is 65.0 Å². The molecule has 16 heavy (non-hydrogen) atoms. The average Bonchev–Trinajstić information content (AvgIpc) is 2.30. The lowest BCUT2D eigenvalue weighted by Crippen LogP contribution is -2.04. The second-order valence-corrected chi connectivity index (χ2v) is 3.99. The van der Waals surface area contributed by atoms with E-state index in [1.807, 2.05) is 44.2 Å². The van der Waals surface area contributed by atoms with Crippen molar-refractivity contribution in [3.63, 3.8) is 0 Å². The zero-order valence-electron chi connectivity index (χ0n) is 9.51. The quantitative estimate of drug-likeness (QED) is 0.832. The average molecular weight is 213 g/mol. The highest BCUT2D eigenvalue weighted by Gasteiger charge is 2.14. The summed E-state index contributed by atoms with van der Waals surface area (Å²) in [4.78, 5) is 4.03. The van der Waals surface area contributed by atoms with Crippen LogP contribution in [-0.4, -0.2) is 10.1 Å². The zero-order chi connectivity index (χ0) is 11.5. The minimum atomic E-state index is -0.588. The van der Waals surface area contributed by atoms with Crippen LogP contribution in [0.15, 0.2) is 42.7 Å². The predicted molar refractivity (Wildman–Crippen MR) is 64.2 cm³/mol. The van der Waals surface area contributed by atoms with Gasteiger partial charge in [0.15, 0.2) is 0 Å². The molecule has 0 aliphatic heterocycles. The van der Waals surface area contributed by atoms with Gasteiger partial charge in [-0.25, -0.2) is 0 Å². The van der Waals surface area contributed by atoms with Gasteiger partial charge in [0.25, 0.3) is 0 Å². The van der Waals surface area contributed by atoms with Crippen LogP contribution < -0.4 is 0 Å². The van der Waals surface area contributed by atoms with Crippen molar-refractivity contribution < 1.29 is 5.11 Å². The van der Waals surface area contributed by atoms with Gasteiger partial charge in [-0.15, -0.1) is 0 Å². The van der Waals surface area contributed by atoms with E-state index in [-0.39, 0.29) is 0 Å². The highest BCUT2D eigenvalue weighted by molar-refractivity contribution is 5.39. The van der Waals surface area contributed by atoms with Crippen molar-refractivity contribution in [2.24, 2.45) is 0 Å². The second kappa shape index (κ2) is 4.45. The van der Waals surface area contributed by atoms with Crippen LogP contribution in [0.25, 0.3) is 0 Å². The molecule has 0 bridgehead atoms. The molecular weight excluding hydrogens is 198 g/mol. The molecule has 2 nitrogen and oxygen atoms in total. The van der Waals surface area contributed by atoms with Crippen LogP contribution in [0.5, 0.6) is 0 Å². The lowest BCUT2D eigenvalue weighted by Gasteiger charge is -2.16. The summed E-state index contributed by atoms with van der Waals surface area (Å²) >= 11 is 0. The molecule has 0 aliphatic carbocycles. The van der Waals surface area contributed by atoms with Crippen molar-refractivity contribution >= 4 is 0 Å². The first-order valence-electron chi connectivity index (χ1n) is 5.34. The van der Waals surface area contributed by atoms with E-state index in [2.05, 4.69) is 4.98 Å². The summed E-state index contributed by atoms with van der Waals surface area (Å²) in [7, 11) is 0. The van der Waals surface area contributed by atoms with Crippen molar-refractivity contribution in [2.75, 3.05) is 0 Å². The van der Waals surface area contributed by atoms with Gasteiger partial charge in [-0.3, -0.25) is 4.98 Å². The van der Waals surface area contributed by atoms with Crippen molar-refractivity contribution in [3.8, 4) is 0 Å². The summed E-state index contributed by atoms with van der Waals surface area (Å²) in [6.45, 7) is 4.03. The molecule has 1 aromatic carbocycles. The van der Waals surface area contributed by atoms with Crippen molar-refractivity contribution in [1.29, 1.82) is 0 Å². The normalized spacial score (nSPS) is 12.4.